The molecule has 2 aliphatic heterocycles. The molecule has 6 rings (SSSR count). The van der Waals surface area contributed by atoms with Crippen molar-refractivity contribution >= 4 is 16.9 Å². The average molecular weight is 448 g/mol. The van der Waals surface area contributed by atoms with Crippen molar-refractivity contribution in [2.45, 2.75) is 50.7 Å². The standard InChI is InChI=1S/C26H33N5O2/c27-25-24-23(19-5-3-7-21(13-19)33-16-22-6-1-2-10-32-22)15-31(26(24)29-17-28-25)20-11-18(12-20)14-30-8-4-9-30/h3,5,7,13,15,17-18,20,22H,1-2,4,6,8-12,14,16H2,(H2,27,28,29). The Hall–Kier alpha value is -2.64. The van der Waals surface area contributed by atoms with Crippen molar-refractivity contribution in [2.75, 3.05) is 38.6 Å². The zero-order valence-electron chi connectivity index (χ0n) is 19.2. The van der Waals surface area contributed by atoms with Crippen molar-refractivity contribution in [3.8, 4) is 16.9 Å². The van der Waals surface area contributed by atoms with Crippen LogP contribution in [0, 0.1) is 5.92 Å². The summed E-state index contributed by atoms with van der Waals surface area (Å²) in [4.78, 5) is 11.5. The lowest BCUT2D eigenvalue weighted by molar-refractivity contribution is -0.0110. The van der Waals surface area contributed by atoms with Crippen LogP contribution in [0.1, 0.15) is 44.6 Å². The molecule has 2 N–H and O–H groups in total. The number of benzene rings is 1. The zero-order chi connectivity index (χ0) is 22.2. The van der Waals surface area contributed by atoms with Gasteiger partial charge in [-0.3, -0.25) is 0 Å². The Bertz CT molecular complexity index is 1110. The number of aromatic nitrogens is 3. The largest absolute Gasteiger partial charge is 0.491 e. The number of fused-ring (bicyclic) bond motifs is 1. The molecule has 0 spiro atoms. The fraction of sp³-hybridized carbons (Fsp3) is 0.538. The van der Waals surface area contributed by atoms with Crippen LogP contribution in [-0.4, -0.2) is 58.4 Å². The van der Waals surface area contributed by atoms with Gasteiger partial charge in [-0.25, -0.2) is 9.97 Å². The molecule has 3 fully saturated rings. The third kappa shape index (κ3) is 4.20. The summed E-state index contributed by atoms with van der Waals surface area (Å²) in [5.74, 6) is 2.18. The van der Waals surface area contributed by atoms with E-state index in [1.54, 1.807) is 6.33 Å². The van der Waals surface area contributed by atoms with Gasteiger partial charge in [-0.05, 0) is 75.2 Å². The first-order chi connectivity index (χ1) is 16.2. The van der Waals surface area contributed by atoms with Gasteiger partial charge in [0.05, 0.1) is 11.5 Å². The third-order valence-electron chi connectivity index (χ3n) is 7.56. The Balaban J connectivity index is 1.24. The monoisotopic (exact) mass is 447 g/mol. The van der Waals surface area contributed by atoms with Gasteiger partial charge in [0, 0.05) is 31.0 Å². The summed E-state index contributed by atoms with van der Waals surface area (Å²) in [6.45, 7) is 5.22. The highest BCUT2D eigenvalue weighted by Crippen LogP contribution is 2.43. The molecule has 1 saturated carbocycles. The number of nitrogen functional groups attached to an aromatic ring is 1. The summed E-state index contributed by atoms with van der Waals surface area (Å²) in [5, 5.41) is 0.941. The predicted molar refractivity (Wildman–Crippen MR) is 129 cm³/mol. The van der Waals surface area contributed by atoms with Gasteiger partial charge in [0.25, 0.3) is 0 Å². The molecule has 7 heteroatoms. The fourth-order valence-electron chi connectivity index (χ4n) is 5.49. The van der Waals surface area contributed by atoms with Crippen molar-refractivity contribution in [1.82, 2.24) is 19.4 Å². The first-order valence-electron chi connectivity index (χ1n) is 12.4. The molecule has 0 amide bonds. The second-order valence-corrected chi connectivity index (χ2v) is 9.88. The number of ether oxygens (including phenoxy) is 2. The molecule has 0 radical (unpaired) electrons. The van der Waals surface area contributed by atoms with Crippen LogP contribution < -0.4 is 10.5 Å². The zero-order valence-corrected chi connectivity index (χ0v) is 19.2. The Morgan fingerprint density at radius 3 is 2.82 bits per heavy atom. The normalized spacial score (nSPS) is 25.5. The summed E-state index contributed by atoms with van der Waals surface area (Å²) in [5.41, 5.74) is 9.46. The van der Waals surface area contributed by atoms with E-state index in [0.29, 0.717) is 18.5 Å². The first kappa shape index (κ1) is 20.9. The van der Waals surface area contributed by atoms with Gasteiger partial charge in [-0.2, -0.15) is 0 Å². The van der Waals surface area contributed by atoms with Crippen LogP contribution in [0.4, 0.5) is 5.82 Å². The molecule has 2 aromatic heterocycles. The van der Waals surface area contributed by atoms with Gasteiger partial charge in [-0.15, -0.1) is 0 Å². The molecule has 1 atom stereocenters. The Labute approximate surface area is 194 Å². The van der Waals surface area contributed by atoms with Crippen LogP contribution in [-0.2, 0) is 4.74 Å². The number of rotatable bonds is 7. The maximum Gasteiger partial charge on any atom is 0.146 e. The van der Waals surface area contributed by atoms with E-state index in [4.69, 9.17) is 15.2 Å². The van der Waals surface area contributed by atoms with E-state index in [0.717, 1.165) is 53.3 Å². The highest BCUT2D eigenvalue weighted by atomic mass is 16.5. The molecule has 3 aliphatic rings. The number of nitrogens with two attached hydrogens (primary N) is 1. The number of hydrogen-bond donors (Lipinski definition) is 1. The summed E-state index contributed by atoms with van der Waals surface area (Å²) in [6.07, 6.45) is 11.2. The summed E-state index contributed by atoms with van der Waals surface area (Å²) < 4.78 is 14.3. The van der Waals surface area contributed by atoms with Crippen LogP contribution in [0.15, 0.2) is 36.8 Å². The Kier molecular flexibility index (Phi) is 5.68. The topological polar surface area (TPSA) is 78.4 Å². The fourth-order valence-corrected chi connectivity index (χ4v) is 5.49. The maximum atomic E-state index is 6.36. The van der Waals surface area contributed by atoms with E-state index in [-0.39, 0.29) is 6.10 Å². The van der Waals surface area contributed by atoms with E-state index in [1.807, 2.05) is 12.1 Å². The molecule has 7 nitrogen and oxygen atoms in total. The van der Waals surface area contributed by atoms with Crippen LogP contribution in [0.5, 0.6) is 5.75 Å². The number of likely N-dealkylation sites (tertiary alicyclic amines) is 1. The second-order valence-electron chi connectivity index (χ2n) is 9.88. The summed E-state index contributed by atoms with van der Waals surface area (Å²) in [7, 11) is 0. The minimum atomic E-state index is 0.191. The highest BCUT2D eigenvalue weighted by molar-refractivity contribution is 6.00. The van der Waals surface area contributed by atoms with Crippen LogP contribution in [0.2, 0.25) is 0 Å². The van der Waals surface area contributed by atoms with Crippen LogP contribution in [0.25, 0.3) is 22.2 Å². The minimum Gasteiger partial charge on any atom is -0.491 e. The SMILES string of the molecule is Nc1ncnc2c1c(-c1cccc(OCC3CCCCO3)c1)cn2C1CC(CN2CCC2)C1. The van der Waals surface area contributed by atoms with Gasteiger partial charge >= 0.3 is 0 Å². The lowest BCUT2D eigenvalue weighted by Crippen LogP contribution is -2.43. The molecule has 174 valence electrons. The lowest BCUT2D eigenvalue weighted by atomic mass is 9.79. The molecule has 1 unspecified atom stereocenters. The van der Waals surface area contributed by atoms with Crippen LogP contribution in [0.3, 0.4) is 0 Å². The van der Waals surface area contributed by atoms with Gasteiger partial charge in [-0.1, -0.05) is 12.1 Å². The first-order valence-corrected chi connectivity index (χ1v) is 12.4. The van der Waals surface area contributed by atoms with Crippen molar-refractivity contribution in [1.29, 1.82) is 0 Å². The van der Waals surface area contributed by atoms with Gasteiger partial charge < -0.3 is 24.7 Å². The molecule has 2 saturated heterocycles. The number of nitrogens with zero attached hydrogens (tertiary/aromatic N) is 4. The van der Waals surface area contributed by atoms with E-state index >= 15 is 0 Å². The van der Waals surface area contributed by atoms with Crippen molar-refractivity contribution in [3.63, 3.8) is 0 Å². The van der Waals surface area contributed by atoms with Gasteiger partial charge in [0.2, 0.25) is 0 Å². The molecule has 3 aromatic rings. The summed E-state index contributed by atoms with van der Waals surface area (Å²) >= 11 is 0. The Morgan fingerprint density at radius 1 is 1.12 bits per heavy atom. The van der Waals surface area contributed by atoms with Crippen molar-refractivity contribution in [2.24, 2.45) is 5.92 Å². The number of anilines is 1. The molecule has 0 bridgehead atoms. The van der Waals surface area contributed by atoms with E-state index in [9.17, 15) is 0 Å². The smallest absolute Gasteiger partial charge is 0.146 e. The van der Waals surface area contributed by atoms with Gasteiger partial charge in [0.1, 0.15) is 30.1 Å². The molecular weight excluding hydrogens is 414 g/mol. The molecule has 1 aliphatic carbocycles. The maximum absolute atomic E-state index is 6.36. The Morgan fingerprint density at radius 2 is 2.03 bits per heavy atom. The average Bonchev–Trinajstić information content (AvgIpc) is 3.17. The van der Waals surface area contributed by atoms with Crippen LogP contribution >= 0.6 is 0 Å². The third-order valence-corrected chi connectivity index (χ3v) is 7.56. The molecule has 4 heterocycles. The van der Waals surface area contributed by atoms with E-state index in [2.05, 4.69) is 37.8 Å². The predicted octanol–water partition coefficient (Wildman–Crippen LogP) is 4.29. The minimum absolute atomic E-state index is 0.191. The highest BCUT2D eigenvalue weighted by Gasteiger charge is 2.34. The molecule has 33 heavy (non-hydrogen) atoms. The number of hydrogen-bond acceptors (Lipinski definition) is 6. The van der Waals surface area contributed by atoms with Crippen molar-refractivity contribution < 1.29 is 9.47 Å². The molecule has 1 aromatic carbocycles. The van der Waals surface area contributed by atoms with E-state index < -0.39 is 0 Å². The second kappa shape index (κ2) is 8.95. The van der Waals surface area contributed by atoms with Crippen molar-refractivity contribution in [3.05, 3.63) is 36.8 Å². The molecular formula is C26H33N5O2. The summed E-state index contributed by atoms with van der Waals surface area (Å²) in [6, 6.07) is 8.74. The lowest BCUT2D eigenvalue weighted by Gasteiger charge is -2.42. The van der Waals surface area contributed by atoms with Gasteiger partial charge in [0.15, 0.2) is 0 Å². The quantitative estimate of drug-likeness (QED) is 0.582. The van der Waals surface area contributed by atoms with E-state index in [1.165, 1.54) is 45.3 Å².